The molecule has 3 aromatic heterocycles. The third kappa shape index (κ3) is 2.71. The molecule has 124 valence electrons. The van der Waals surface area contributed by atoms with Gasteiger partial charge in [0.1, 0.15) is 23.3 Å². The van der Waals surface area contributed by atoms with Crippen LogP contribution in [-0.4, -0.2) is 42.7 Å². The molecular formula is C17H20N6O. The molecule has 24 heavy (non-hydrogen) atoms. The fraction of sp³-hybridized carbons (Fsp3) is 0.412. The molecule has 0 spiro atoms. The van der Waals surface area contributed by atoms with E-state index in [0.29, 0.717) is 5.65 Å². The number of nitrogens with zero attached hydrogens (tertiary/aromatic N) is 6. The van der Waals surface area contributed by atoms with Crippen LogP contribution in [0.1, 0.15) is 24.8 Å². The third-order valence-corrected chi connectivity index (χ3v) is 4.67. The second kappa shape index (κ2) is 6.16. The van der Waals surface area contributed by atoms with Gasteiger partial charge in [-0.1, -0.05) is 0 Å². The lowest BCUT2D eigenvalue weighted by Gasteiger charge is -2.35. The van der Waals surface area contributed by atoms with Crippen molar-refractivity contribution in [3.63, 3.8) is 0 Å². The highest BCUT2D eigenvalue weighted by Crippen LogP contribution is 2.30. The standard InChI is InChI=1S/C17H20N6O/c1-22-10-8-20-17(22)15(24)12-3-2-9-23(11-12)14-5-4-13-16(21-14)19-7-6-18-13/h4-8,10,12,15,24H,2-3,9,11H2,1H3. The van der Waals surface area contributed by atoms with E-state index in [-0.39, 0.29) is 5.92 Å². The monoisotopic (exact) mass is 324 g/mol. The summed E-state index contributed by atoms with van der Waals surface area (Å²) in [6.45, 7) is 1.69. The molecule has 1 fully saturated rings. The smallest absolute Gasteiger partial charge is 0.180 e. The number of aliphatic hydroxyl groups is 1. The van der Waals surface area contributed by atoms with Gasteiger partial charge in [-0.2, -0.15) is 0 Å². The number of rotatable bonds is 3. The van der Waals surface area contributed by atoms with Crippen molar-refractivity contribution in [3.8, 4) is 0 Å². The van der Waals surface area contributed by atoms with E-state index < -0.39 is 6.10 Å². The number of piperidine rings is 1. The minimum atomic E-state index is -0.562. The van der Waals surface area contributed by atoms with E-state index in [1.54, 1.807) is 18.6 Å². The molecule has 0 bridgehead atoms. The van der Waals surface area contributed by atoms with Crippen LogP contribution in [0.3, 0.4) is 0 Å². The SMILES string of the molecule is Cn1ccnc1C(O)C1CCCN(c2ccc3nccnc3n2)C1. The summed E-state index contributed by atoms with van der Waals surface area (Å²) >= 11 is 0. The lowest BCUT2D eigenvalue weighted by molar-refractivity contribution is 0.0874. The molecule has 0 aromatic carbocycles. The van der Waals surface area contributed by atoms with Crippen molar-refractivity contribution in [2.45, 2.75) is 18.9 Å². The van der Waals surface area contributed by atoms with Crippen molar-refractivity contribution in [1.29, 1.82) is 0 Å². The topological polar surface area (TPSA) is 80.0 Å². The summed E-state index contributed by atoms with van der Waals surface area (Å²) in [7, 11) is 1.91. The maximum Gasteiger partial charge on any atom is 0.180 e. The van der Waals surface area contributed by atoms with E-state index in [0.717, 1.165) is 43.1 Å². The zero-order valence-electron chi connectivity index (χ0n) is 13.6. The Morgan fingerprint density at radius 1 is 1.17 bits per heavy atom. The summed E-state index contributed by atoms with van der Waals surface area (Å²) in [5, 5.41) is 10.7. The van der Waals surface area contributed by atoms with Crippen molar-refractivity contribution < 1.29 is 5.11 Å². The number of hydrogen-bond acceptors (Lipinski definition) is 6. The van der Waals surface area contributed by atoms with Crippen molar-refractivity contribution in [1.82, 2.24) is 24.5 Å². The average Bonchev–Trinajstić information content (AvgIpc) is 3.07. The van der Waals surface area contributed by atoms with Gasteiger partial charge in [-0.25, -0.2) is 15.0 Å². The lowest BCUT2D eigenvalue weighted by atomic mass is 9.92. The second-order valence-electron chi connectivity index (χ2n) is 6.26. The summed E-state index contributed by atoms with van der Waals surface area (Å²) < 4.78 is 1.88. The van der Waals surface area contributed by atoms with Gasteiger partial charge in [-0.05, 0) is 25.0 Å². The molecule has 0 amide bonds. The maximum atomic E-state index is 10.7. The Morgan fingerprint density at radius 3 is 2.88 bits per heavy atom. The van der Waals surface area contributed by atoms with Crippen LogP contribution in [0.25, 0.3) is 11.2 Å². The van der Waals surface area contributed by atoms with E-state index in [2.05, 4.69) is 24.8 Å². The molecule has 1 N–H and O–H groups in total. The lowest BCUT2D eigenvalue weighted by Crippen LogP contribution is -2.38. The van der Waals surface area contributed by atoms with E-state index in [1.165, 1.54) is 0 Å². The van der Waals surface area contributed by atoms with E-state index >= 15 is 0 Å². The molecular weight excluding hydrogens is 304 g/mol. The molecule has 0 saturated carbocycles. The zero-order valence-corrected chi connectivity index (χ0v) is 13.6. The molecule has 7 nitrogen and oxygen atoms in total. The number of hydrogen-bond donors (Lipinski definition) is 1. The van der Waals surface area contributed by atoms with Gasteiger partial charge in [0, 0.05) is 50.8 Å². The van der Waals surface area contributed by atoms with Crippen LogP contribution in [0.4, 0.5) is 5.82 Å². The van der Waals surface area contributed by atoms with Gasteiger partial charge in [0.2, 0.25) is 0 Å². The molecule has 4 heterocycles. The predicted molar refractivity (Wildman–Crippen MR) is 90.4 cm³/mol. The molecule has 7 heteroatoms. The van der Waals surface area contributed by atoms with Crippen LogP contribution >= 0.6 is 0 Å². The summed E-state index contributed by atoms with van der Waals surface area (Å²) in [5.41, 5.74) is 1.45. The number of fused-ring (bicyclic) bond motifs is 1. The minimum Gasteiger partial charge on any atom is -0.385 e. The molecule has 1 saturated heterocycles. The van der Waals surface area contributed by atoms with Gasteiger partial charge in [-0.3, -0.25) is 4.98 Å². The fourth-order valence-electron chi connectivity index (χ4n) is 3.37. The molecule has 0 aliphatic carbocycles. The molecule has 4 rings (SSSR count). The van der Waals surface area contributed by atoms with Crippen molar-refractivity contribution in [3.05, 3.63) is 42.7 Å². The van der Waals surface area contributed by atoms with Gasteiger partial charge < -0.3 is 14.6 Å². The van der Waals surface area contributed by atoms with Crippen LogP contribution in [-0.2, 0) is 7.05 Å². The van der Waals surface area contributed by atoms with Gasteiger partial charge >= 0.3 is 0 Å². The number of pyridine rings is 1. The number of anilines is 1. The van der Waals surface area contributed by atoms with Crippen molar-refractivity contribution >= 4 is 17.0 Å². The minimum absolute atomic E-state index is 0.138. The molecule has 1 aliphatic rings. The average molecular weight is 324 g/mol. The Hall–Kier alpha value is -2.54. The Balaban J connectivity index is 1.56. The van der Waals surface area contributed by atoms with Gasteiger partial charge in [0.25, 0.3) is 0 Å². The largest absolute Gasteiger partial charge is 0.385 e. The first-order chi connectivity index (χ1) is 11.7. The quantitative estimate of drug-likeness (QED) is 0.790. The van der Waals surface area contributed by atoms with Crippen LogP contribution < -0.4 is 4.90 Å². The molecule has 2 atom stereocenters. The number of aliphatic hydroxyl groups excluding tert-OH is 1. The first-order valence-corrected chi connectivity index (χ1v) is 8.20. The summed E-state index contributed by atoms with van der Waals surface area (Å²) in [4.78, 5) is 19.7. The second-order valence-corrected chi connectivity index (χ2v) is 6.26. The Kier molecular flexibility index (Phi) is 3.86. The predicted octanol–water partition coefficient (Wildman–Crippen LogP) is 1.71. The van der Waals surface area contributed by atoms with Crippen LogP contribution in [0.2, 0.25) is 0 Å². The molecule has 1 aliphatic heterocycles. The number of aryl methyl sites for hydroxylation is 1. The highest BCUT2D eigenvalue weighted by atomic mass is 16.3. The molecule has 0 radical (unpaired) electrons. The number of imidazole rings is 1. The van der Waals surface area contributed by atoms with Crippen molar-refractivity contribution in [2.75, 3.05) is 18.0 Å². The van der Waals surface area contributed by atoms with Crippen LogP contribution in [0.15, 0.2) is 36.9 Å². The van der Waals surface area contributed by atoms with Crippen LogP contribution in [0.5, 0.6) is 0 Å². The Labute approximate surface area is 140 Å². The summed E-state index contributed by atoms with van der Waals surface area (Å²) in [6, 6.07) is 3.93. The molecule has 2 unspecified atom stereocenters. The van der Waals surface area contributed by atoms with Gasteiger partial charge in [0.15, 0.2) is 5.65 Å². The highest BCUT2D eigenvalue weighted by Gasteiger charge is 2.29. The normalized spacial score (nSPS) is 19.6. The van der Waals surface area contributed by atoms with Crippen molar-refractivity contribution in [2.24, 2.45) is 13.0 Å². The van der Waals surface area contributed by atoms with E-state index in [9.17, 15) is 5.11 Å². The number of aromatic nitrogens is 5. The fourth-order valence-corrected chi connectivity index (χ4v) is 3.37. The van der Waals surface area contributed by atoms with Gasteiger partial charge in [0.05, 0.1) is 0 Å². The summed E-state index contributed by atoms with van der Waals surface area (Å²) in [5.74, 6) is 1.75. The van der Waals surface area contributed by atoms with E-state index in [1.807, 2.05) is 29.9 Å². The molecule has 3 aromatic rings. The first kappa shape index (κ1) is 15.0. The highest BCUT2D eigenvalue weighted by molar-refractivity contribution is 5.71. The Morgan fingerprint density at radius 2 is 2.04 bits per heavy atom. The third-order valence-electron chi connectivity index (χ3n) is 4.67. The maximum absolute atomic E-state index is 10.7. The summed E-state index contributed by atoms with van der Waals surface area (Å²) in [6.07, 6.45) is 8.36. The first-order valence-electron chi connectivity index (χ1n) is 8.20. The van der Waals surface area contributed by atoms with Crippen LogP contribution in [0, 0.1) is 5.92 Å². The van der Waals surface area contributed by atoms with Gasteiger partial charge in [-0.15, -0.1) is 0 Å². The zero-order chi connectivity index (χ0) is 16.5. The Bertz CT molecular complexity index is 848. The van der Waals surface area contributed by atoms with E-state index in [4.69, 9.17) is 0 Å².